The van der Waals surface area contributed by atoms with E-state index < -0.39 is 0 Å². The molecule has 3 N–H and O–H groups in total. The number of nitrogens with one attached hydrogen (secondary N) is 1. The second kappa shape index (κ2) is 5.86. The zero-order chi connectivity index (χ0) is 13.0. The first-order chi connectivity index (χ1) is 8.68. The van der Waals surface area contributed by atoms with Gasteiger partial charge in [0.2, 0.25) is 5.91 Å². The Kier molecular flexibility index (Phi) is 4.19. The number of carbonyl (C=O) groups excluding carboxylic acids is 1. The van der Waals surface area contributed by atoms with E-state index in [9.17, 15) is 4.79 Å². The van der Waals surface area contributed by atoms with Crippen molar-refractivity contribution in [2.45, 2.75) is 17.7 Å². The van der Waals surface area contributed by atoms with Crippen LogP contribution in [0, 0.1) is 5.41 Å². The average molecular weight is 264 g/mol. The lowest BCUT2D eigenvalue weighted by Crippen LogP contribution is -2.29. The number of aromatic nitrogens is 1. The highest BCUT2D eigenvalue weighted by molar-refractivity contribution is 8.00. The molecule has 0 saturated carbocycles. The van der Waals surface area contributed by atoms with Gasteiger partial charge in [0, 0.05) is 24.2 Å². The SMILES string of the molecule is N=C(N)c1ncccc1SCC(=O)N1CCCC1. The molecular weight excluding hydrogens is 248 g/mol. The van der Waals surface area contributed by atoms with Crippen molar-refractivity contribution < 1.29 is 4.79 Å². The fourth-order valence-electron chi connectivity index (χ4n) is 1.91. The van der Waals surface area contributed by atoms with Gasteiger partial charge >= 0.3 is 0 Å². The van der Waals surface area contributed by atoms with Gasteiger partial charge in [0.15, 0.2) is 0 Å². The fourth-order valence-corrected chi connectivity index (χ4v) is 2.84. The van der Waals surface area contributed by atoms with Crippen molar-refractivity contribution in [1.82, 2.24) is 9.88 Å². The number of hydrogen-bond acceptors (Lipinski definition) is 4. The maximum atomic E-state index is 11.9. The molecule has 0 spiro atoms. The Morgan fingerprint density at radius 3 is 2.89 bits per heavy atom. The monoisotopic (exact) mass is 264 g/mol. The number of pyridine rings is 1. The molecule has 1 aliphatic rings. The van der Waals surface area contributed by atoms with Crippen LogP contribution in [0.1, 0.15) is 18.5 Å². The van der Waals surface area contributed by atoms with Crippen LogP contribution in [0.3, 0.4) is 0 Å². The summed E-state index contributed by atoms with van der Waals surface area (Å²) in [5, 5.41) is 7.44. The Labute approximate surface area is 110 Å². The van der Waals surface area contributed by atoms with Gasteiger partial charge in [-0.05, 0) is 25.0 Å². The highest BCUT2D eigenvalue weighted by Gasteiger charge is 2.18. The van der Waals surface area contributed by atoms with Crippen LogP contribution in [-0.2, 0) is 4.79 Å². The number of nitrogen functional groups attached to an aromatic ring is 1. The summed E-state index contributed by atoms with van der Waals surface area (Å²) >= 11 is 1.40. The van der Waals surface area contributed by atoms with E-state index in [1.54, 1.807) is 12.3 Å². The van der Waals surface area contributed by atoms with Crippen LogP contribution < -0.4 is 5.73 Å². The third-order valence-electron chi connectivity index (χ3n) is 2.84. The molecule has 0 aromatic carbocycles. The van der Waals surface area contributed by atoms with E-state index in [0.29, 0.717) is 11.4 Å². The highest BCUT2D eigenvalue weighted by Crippen LogP contribution is 2.21. The molecule has 0 bridgehead atoms. The van der Waals surface area contributed by atoms with Gasteiger partial charge in [0.25, 0.3) is 0 Å². The Morgan fingerprint density at radius 1 is 1.50 bits per heavy atom. The number of nitrogens with zero attached hydrogens (tertiary/aromatic N) is 2. The van der Waals surface area contributed by atoms with E-state index in [2.05, 4.69) is 4.98 Å². The Bertz CT molecular complexity index is 457. The van der Waals surface area contributed by atoms with Crippen LogP contribution in [0.15, 0.2) is 23.2 Å². The molecule has 6 heteroatoms. The maximum absolute atomic E-state index is 11.9. The molecule has 1 amide bonds. The van der Waals surface area contributed by atoms with Gasteiger partial charge in [-0.2, -0.15) is 0 Å². The predicted molar refractivity (Wildman–Crippen MR) is 71.8 cm³/mol. The summed E-state index contributed by atoms with van der Waals surface area (Å²) in [5.74, 6) is 0.467. The van der Waals surface area contributed by atoms with Gasteiger partial charge in [-0.15, -0.1) is 11.8 Å². The molecule has 0 unspecified atom stereocenters. The van der Waals surface area contributed by atoms with Crippen molar-refractivity contribution in [3.8, 4) is 0 Å². The molecule has 0 atom stereocenters. The van der Waals surface area contributed by atoms with Gasteiger partial charge in [-0.3, -0.25) is 15.2 Å². The van der Waals surface area contributed by atoms with Gasteiger partial charge < -0.3 is 10.6 Å². The predicted octanol–water partition coefficient (Wildman–Crippen LogP) is 1.08. The maximum Gasteiger partial charge on any atom is 0.232 e. The normalized spacial score (nSPS) is 14.8. The number of likely N-dealkylation sites (tertiary alicyclic amines) is 1. The average Bonchev–Trinajstić information content (AvgIpc) is 2.90. The molecule has 1 aromatic heterocycles. The summed E-state index contributed by atoms with van der Waals surface area (Å²) in [5.41, 5.74) is 5.91. The number of thioether (sulfide) groups is 1. The van der Waals surface area contributed by atoms with Gasteiger partial charge in [0.1, 0.15) is 11.5 Å². The molecule has 2 rings (SSSR count). The van der Waals surface area contributed by atoms with E-state index in [1.165, 1.54) is 11.8 Å². The van der Waals surface area contributed by atoms with Crippen molar-refractivity contribution in [3.05, 3.63) is 24.0 Å². The van der Waals surface area contributed by atoms with Gasteiger partial charge in [0.05, 0.1) is 5.75 Å². The highest BCUT2D eigenvalue weighted by atomic mass is 32.2. The Hall–Kier alpha value is -1.56. The van der Waals surface area contributed by atoms with E-state index in [1.807, 2.05) is 11.0 Å². The van der Waals surface area contributed by atoms with Crippen LogP contribution in [0.2, 0.25) is 0 Å². The largest absolute Gasteiger partial charge is 0.382 e. The minimum Gasteiger partial charge on any atom is -0.382 e. The fraction of sp³-hybridized carbons (Fsp3) is 0.417. The molecule has 1 aliphatic heterocycles. The van der Waals surface area contributed by atoms with E-state index >= 15 is 0 Å². The molecule has 5 nitrogen and oxygen atoms in total. The van der Waals surface area contributed by atoms with Crippen LogP contribution in [0.25, 0.3) is 0 Å². The van der Waals surface area contributed by atoms with Crippen molar-refractivity contribution in [3.63, 3.8) is 0 Å². The quantitative estimate of drug-likeness (QED) is 0.484. The molecule has 1 saturated heterocycles. The Balaban J connectivity index is 1.97. The van der Waals surface area contributed by atoms with Crippen LogP contribution >= 0.6 is 11.8 Å². The standard InChI is InChI=1S/C12H16N4OS/c13-12(14)11-9(4-3-5-15-11)18-8-10(17)16-6-1-2-7-16/h3-5H,1-2,6-8H2,(H3,13,14). The van der Waals surface area contributed by atoms with Crippen LogP contribution in [0.5, 0.6) is 0 Å². The van der Waals surface area contributed by atoms with Crippen molar-refractivity contribution in [2.24, 2.45) is 5.73 Å². The Morgan fingerprint density at radius 2 is 2.22 bits per heavy atom. The number of amidine groups is 1. The lowest BCUT2D eigenvalue weighted by Gasteiger charge is -2.15. The number of nitrogens with two attached hydrogens (primary N) is 1. The summed E-state index contributed by atoms with van der Waals surface area (Å²) in [6.07, 6.45) is 3.80. The van der Waals surface area contributed by atoms with E-state index in [0.717, 1.165) is 30.8 Å². The molecular formula is C12H16N4OS. The molecule has 1 fully saturated rings. The minimum atomic E-state index is -0.0632. The van der Waals surface area contributed by atoms with Crippen molar-refractivity contribution in [2.75, 3.05) is 18.8 Å². The van der Waals surface area contributed by atoms with E-state index in [-0.39, 0.29) is 11.7 Å². The van der Waals surface area contributed by atoms with Crippen LogP contribution in [-0.4, -0.2) is 40.5 Å². The van der Waals surface area contributed by atoms with Gasteiger partial charge in [-0.1, -0.05) is 0 Å². The number of amides is 1. The van der Waals surface area contributed by atoms with Crippen molar-refractivity contribution in [1.29, 1.82) is 5.41 Å². The number of carbonyl (C=O) groups is 1. The number of rotatable bonds is 4. The molecule has 0 radical (unpaired) electrons. The second-order valence-corrected chi connectivity index (χ2v) is 5.16. The smallest absolute Gasteiger partial charge is 0.232 e. The topological polar surface area (TPSA) is 83.1 Å². The first kappa shape index (κ1) is 12.9. The first-order valence-electron chi connectivity index (χ1n) is 5.88. The van der Waals surface area contributed by atoms with E-state index in [4.69, 9.17) is 11.1 Å². The summed E-state index contributed by atoms with van der Waals surface area (Å²) in [4.78, 5) is 18.6. The second-order valence-electron chi connectivity index (χ2n) is 4.14. The zero-order valence-electron chi connectivity index (χ0n) is 10.1. The molecule has 1 aromatic rings. The molecule has 96 valence electrons. The summed E-state index contributed by atoms with van der Waals surface area (Å²) in [7, 11) is 0. The minimum absolute atomic E-state index is 0.0632. The lowest BCUT2D eigenvalue weighted by molar-refractivity contribution is -0.127. The van der Waals surface area contributed by atoms with Crippen LogP contribution in [0.4, 0.5) is 0 Å². The lowest BCUT2D eigenvalue weighted by atomic mass is 10.3. The summed E-state index contributed by atoms with van der Waals surface area (Å²) in [6, 6.07) is 3.63. The molecule has 2 heterocycles. The van der Waals surface area contributed by atoms with Crippen molar-refractivity contribution >= 4 is 23.5 Å². The zero-order valence-corrected chi connectivity index (χ0v) is 10.9. The third-order valence-corrected chi connectivity index (χ3v) is 3.87. The third kappa shape index (κ3) is 3.01. The molecule has 18 heavy (non-hydrogen) atoms. The summed E-state index contributed by atoms with van der Waals surface area (Å²) in [6.45, 7) is 1.73. The first-order valence-corrected chi connectivity index (χ1v) is 6.87. The van der Waals surface area contributed by atoms with Gasteiger partial charge in [-0.25, -0.2) is 0 Å². The summed E-state index contributed by atoms with van der Waals surface area (Å²) < 4.78 is 0. The number of hydrogen-bond donors (Lipinski definition) is 2. The molecule has 0 aliphatic carbocycles.